The van der Waals surface area contributed by atoms with Crippen molar-refractivity contribution < 1.29 is 23.9 Å². The molecule has 1 rings (SSSR count). The molecule has 0 saturated carbocycles. The third-order valence-electron chi connectivity index (χ3n) is 4.13. The van der Waals surface area contributed by atoms with Crippen LogP contribution >= 0.6 is 0 Å². The average Bonchev–Trinajstić information content (AvgIpc) is 3.23. The van der Waals surface area contributed by atoms with Crippen LogP contribution in [0.1, 0.15) is 60.8 Å². The van der Waals surface area contributed by atoms with Crippen LogP contribution in [0.2, 0.25) is 0 Å². The van der Waals surface area contributed by atoms with E-state index in [-0.39, 0.29) is 42.7 Å². The molecule has 1 saturated heterocycles. The first-order valence-electron chi connectivity index (χ1n) is 8.57. The first-order valence-corrected chi connectivity index (χ1v) is 8.57. The van der Waals surface area contributed by atoms with Crippen LogP contribution in [-0.2, 0) is 23.9 Å². The number of Topliss-reactive ketones (excluding diaryl/α,β-unsaturated/α-hetero) is 1. The van der Waals surface area contributed by atoms with Crippen molar-refractivity contribution in [2.75, 3.05) is 13.2 Å². The van der Waals surface area contributed by atoms with Crippen molar-refractivity contribution in [3.8, 4) is 0 Å². The lowest BCUT2D eigenvalue weighted by Gasteiger charge is -2.31. The van der Waals surface area contributed by atoms with Gasteiger partial charge in [0.05, 0.1) is 12.0 Å². The molecule has 1 amide bonds. The average molecular weight is 341 g/mol. The van der Waals surface area contributed by atoms with Gasteiger partial charge in [0.15, 0.2) is 0 Å². The second kappa shape index (κ2) is 8.10. The number of nitrogens with one attached hydrogen (secondary N) is 1. The number of esters is 1. The van der Waals surface area contributed by atoms with Crippen molar-refractivity contribution in [3.05, 3.63) is 0 Å². The topological polar surface area (TPSA) is 85.0 Å². The highest BCUT2D eigenvalue weighted by molar-refractivity contribution is 5.83. The minimum absolute atomic E-state index is 0.0274. The van der Waals surface area contributed by atoms with E-state index in [0.717, 1.165) is 0 Å². The molecule has 6 heteroatoms. The Balaban J connectivity index is 2.61. The zero-order chi connectivity index (χ0) is 18.5. The van der Waals surface area contributed by atoms with E-state index in [1.807, 2.05) is 20.8 Å². The van der Waals surface area contributed by atoms with Gasteiger partial charge in [-0.15, -0.1) is 0 Å². The molecule has 0 radical (unpaired) electrons. The summed E-state index contributed by atoms with van der Waals surface area (Å²) < 4.78 is 10.3. The number of rotatable bonds is 10. The zero-order valence-corrected chi connectivity index (χ0v) is 15.7. The summed E-state index contributed by atoms with van der Waals surface area (Å²) in [6, 6.07) is 0. The molecule has 1 aliphatic rings. The summed E-state index contributed by atoms with van der Waals surface area (Å²) >= 11 is 0. The van der Waals surface area contributed by atoms with Crippen molar-refractivity contribution in [1.82, 2.24) is 5.32 Å². The number of epoxide rings is 1. The normalized spacial score (nSPS) is 18.7. The SMILES string of the molecule is CCC(CC(C)(C)C(=O)OCC1CO1)C(=O)NC(C)(C)CC(C)=O. The summed E-state index contributed by atoms with van der Waals surface area (Å²) in [5.74, 6) is -0.724. The highest BCUT2D eigenvalue weighted by atomic mass is 16.6. The summed E-state index contributed by atoms with van der Waals surface area (Å²) in [6.07, 6.45) is 1.32. The van der Waals surface area contributed by atoms with Crippen LogP contribution in [-0.4, -0.2) is 42.5 Å². The van der Waals surface area contributed by atoms with Gasteiger partial charge in [-0.2, -0.15) is 0 Å². The molecule has 1 N–H and O–H groups in total. The molecule has 0 aliphatic carbocycles. The van der Waals surface area contributed by atoms with Crippen molar-refractivity contribution in [2.45, 2.75) is 72.4 Å². The third-order valence-corrected chi connectivity index (χ3v) is 4.13. The largest absolute Gasteiger partial charge is 0.462 e. The van der Waals surface area contributed by atoms with Crippen LogP contribution in [0.25, 0.3) is 0 Å². The first kappa shape index (κ1) is 20.6. The molecule has 0 aromatic heterocycles. The number of hydrogen-bond acceptors (Lipinski definition) is 5. The number of ketones is 1. The maximum atomic E-state index is 12.6. The molecule has 0 spiro atoms. The van der Waals surface area contributed by atoms with Crippen LogP contribution in [0.3, 0.4) is 0 Å². The second-order valence-corrected chi connectivity index (χ2v) is 8.00. The van der Waals surface area contributed by atoms with E-state index in [1.165, 1.54) is 6.92 Å². The van der Waals surface area contributed by atoms with E-state index in [4.69, 9.17) is 9.47 Å². The Morgan fingerprint density at radius 3 is 2.29 bits per heavy atom. The van der Waals surface area contributed by atoms with Gasteiger partial charge in [-0.05, 0) is 47.5 Å². The van der Waals surface area contributed by atoms with Crippen molar-refractivity contribution in [3.63, 3.8) is 0 Å². The Bertz CT molecular complexity index is 480. The molecule has 24 heavy (non-hydrogen) atoms. The number of carbonyl (C=O) groups excluding carboxylic acids is 3. The molecule has 1 heterocycles. The predicted octanol–water partition coefficient (Wildman–Crippen LogP) is 2.24. The van der Waals surface area contributed by atoms with Crippen LogP contribution in [0.5, 0.6) is 0 Å². The first-order chi connectivity index (χ1) is 11.0. The number of hydrogen-bond donors (Lipinski definition) is 1. The van der Waals surface area contributed by atoms with E-state index in [1.54, 1.807) is 13.8 Å². The van der Waals surface area contributed by atoms with Gasteiger partial charge in [0, 0.05) is 17.9 Å². The van der Waals surface area contributed by atoms with E-state index in [0.29, 0.717) is 19.4 Å². The maximum absolute atomic E-state index is 12.6. The summed E-state index contributed by atoms with van der Waals surface area (Å²) in [5, 5.41) is 2.93. The van der Waals surface area contributed by atoms with Crippen molar-refractivity contribution in [1.29, 1.82) is 0 Å². The molecule has 0 aromatic carbocycles. The Kier molecular flexibility index (Phi) is 6.96. The predicted molar refractivity (Wildman–Crippen MR) is 90.4 cm³/mol. The van der Waals surface area contributed by atoms with E-state index in [2.05, 4.69) is 5.32 Å². The molecular formula is C18H31NO5. The van der Waals surface area contributed by atoms with Gasteiger partial charge in [0.2, 0.25) is 5.91 Å². The van der Waals surface area contributed by atoms with Crippen LogP contribution < -0.4 is 5.32 Å². The maximum Gasteiger partial charge on any atom is 0.311 e. The third kappa shape index (κ3) is 6.99. The molecule has 0 bridgehead atoms. The standard InChI is InChI=1S/C18H31NO5/c1-7-13(15(21)19-18(5,6)8-12(2)20)9-17(3,4)16(22)24-11-14-10-23-14/h13-14H,7-11H2,1-6H3,(H,19,21). The lowest BCUT2D eigenvalue weighted by atomic mass is 9.81. The van der Waals surface area contributed by atoms with E-state index in [9.17, 15) is 14.4 Å². The Morgan fingerprint density at radius 2 is 1.83 bits per heavy atom. The molecule has 1 fully saturated rings. The van der Waals surface area contributed by atoms with E-state index < -0.39 is 11.0 Å². The van der Waals surface area contributed by atoms with Gasteiger partial charge in [-0.25, -0.2) is 0 Å². The van der Waals surface area contributed by atoms with E-state index >= 15 is 0 Å². The molecule has 1 aliphatic heterocycles. The van der Waals surface area contributed by atoms with Gasteiger partial charge in [-0.3, -0.25) is 14.4 Å². The Hall–Kier alpha value is -1.43. The Labute approximate surface area is 144 Å². The fraction of sp³-hybridized carbons (Fsp3) is 0.833. The quantitative estimate of drug-likeness (QED) is 0.486. The lowest BCUT2D eigenvalue weighted by Crippen LogP contribution is -2.48. The van der Waals surface area contributed by atoms with Gasteiger partial charge >= 0.3 is 5.97 Å². The van der Waals surface area contributed by atoms with Crippen LogP contribution in [0, 0.1) is 11.3 Å². The number of carbonyl (C=O) groups is 3. The Morgan fingerprint density at radius 1 is 1.25 bits per heavy atom. The van der Waals surface area contributed by atoms with Gasteiger partial charge in [0.1, 0.15) is 18.5 Å². The monoisotopic (exact) mass is 341 g/mol. The molecule has 138 valence electrons. The molecule has 2 atom stereocenters. The van der Waals surface area contributed by atoms with Crippen molar-refractivity contribution >= 4 is 17.7 Å². The lowest BCUT2D eigenvalue weighted by molar-refractivity contribution is -0.155. The van der Waals surface area contributed by atoms with Crippen LogP contribution in [0.4, 0.5) is 0 Å². The van der Waals surface area contributed by atoms with Gasteiger partial charge in [-0.1, -0.05) is 6.92 Å². The second-order valence-electron chi connectivity index (χ2n) is 8.00. The number of amides is 1. The minimum atomic E-state index is -0.752. The summed E-state index contributed by atoms with van der Waals surface area (Å²) in [4.78, 5) is 36.1. The van der Waals surface area contributed by atoms with Gasteiger partial charge in [0.25, 0.3) is 0 Å². The summed E-state index contributed by atoms with van der Waals surface area (Å²) in [5.41, 5.74) is -1.35. The fourth-order valence-corrected chi connectivity index (χ4v) is 2.75. The number of ether oxygens (including phenoxy) is 2. The van der Waals surface area contributed by atoms with Gasteiger partial charge < -0.3 is 14.8 Å². The molecule has 0 aromatic rings. The smallest absolute Gasteiger partial charge is 0.311 e. The van der Waals surface area contributed by atoms with Crippen LogP contribution in [0.15, 0.2) is 0 Å². The molecule has 2 unspecified atom stereocenters. The highest BCUT2D eigenvalue weighted by Crippen LogP contribution is 2.30. The summed E-state index contributed by atoms with van der Waals surface area (Å²) in [6.45, 7) is 11.6. The fourth-order valence-electron chi connectivity index (χ4n) is 2.75. The molecule has 6 nitrogen and oxygen atoms in total. The highest BCUT2D eigenvalue weighted by Gasteiger charge is 2.37. The van der Waals surface area contributed by atoms with Crippen molar-refractivity contribution in [2.24, 2.45) is 11.3 Å². The summed E-state index contributed by atoms with van der Waals surface area (Å²) in [7, 11) is 0. The minimum Gasteiger partial charge on any atom is -0.462 e. The molecular weight excluding hydrogens is 310 g/mol. The zero-order valence-electron chi connectivity index (χ0n) is 15.7.